The van der Waals surface area contributed by atoms with E-state index in [1.54, 1.807) is 18.6 Å². The highest BCUT2D eigenvalue weighted by Crippen LogP contribution is 2.29. The van der Waals surface area contributed by atoms with E-state index in [-0.39, 0.29) is 6.42 Å². The van der Waals surface area contributed by atoms with Crippen molar-refractivity contribution in [2.75, 3.05) is 6.26 Å². The van der Waals surface area contributed by atoms with Crippen molar-refractivity contribution in [2.24, 2.45) is 5.16 Å². The third-order valence-electron chi connectivity index (χ3n) is 3.89. The Hall–Kier alpha value is -2.08. The number of carbonyl (C=O) groups excluding carboxylic acids is 1. The number of nitrogens with one attached hydrogen (secondary N) is 1. The fourth-order valence-electron chi connectivity index (χ4n) is 2.37. The summed E-state index contributed by atoms with van der Waals surface area (Å²) in [5, 5.41) is 12.9. The molecule has 1 aliphatic rings. The summed E-state index contributed by atoms with van der Waals surface area (Å²) < 4.78 is 10.7. The summed E-state index contributed by atoms with van der Waals surface area (Å²) in [5.41, 5.74) is 3.71. The molecular weight excluding hydrogens is 330 g/mol. The maximum atomic E-state index is 11.9. The molecule has 1 aliphatic heterocycles. The number of amides is 1. The smallest absolute Gasteiger partial charge is 0.299 e. The van der Waals surface area contributed by atoms with Crippen LogP contribution in [0.4, 0.5) is 0 Å². The third kappa shape index (κ3) is 3.87. The normalized spacial score (nSPS) is 20.0. The minimum Gasteiger partial charge on any atom is -0.616 e. The summed E-state index contributed by atoms with van der Waals surface area (Å²) in [6.45, 7) is 3.27. The van der Waals surface area contributed by atoms with Crippen LogP contribution in [0.1, 0.15) is 37.9 Å². The van der Waals surface area contributed by atoms with Gasteiger partial charge >= 0.3 is 0 Å². The largest absolute Gasteiger partial charge is 0.616 e. The number of carbonyl (C=O) groups is 1. The molecule has 1 aromatic rings. The molecular formula is C16H19N3O4S. The van der Waals surface area contributed by atoms with E-state index in [0.29, 0.717) is 17.8 Å². The van der Waals surface area contributed by atoms with E-state index in [0.717, 1.165) is 5.56 Å². The Kier molecular flexibility index (Phi) is 5.83. The second kappa shape index (κ2) is 7.66. The number of nitrogens with zero attached hydrogens (tertiary/aromatic N) is 2. The summed E-state index contributed by atoms with van der Waals surface area (Å²) >= 11 is -1.49. The maximum Gasteiger partial charge on any atom is 0.299 e. The molecule has 0 saturated carbocycles. The van der Waals surface area contributed by atoms with Crippen LogP contribution in [0.25, 0.3) is 0 Å². The van der Waals surface area contributed by atoms with Gasteiger partial charge < -0.3 is 9.39 Å². The summed E-state index contributed by atoms with van der Waals surface area (Å²) in [6, 6.07) is 3.65. The molecule has 2 N–H and O–H groups in total. The molecule has 24 heavy (non-hydrogen) atoms. The van der Waals surface area contributed by atoms with Crippen LogP contribution in [0.5, 0.6) is 0 Å². The molecule has 3 atom stereocenters. The number of rotatable bonds is 5. The predicted octanol–water partition coefficient (Wildman–Crippen LogP) is 0.979. The molecule has 0 saturated heterocycles. The van der Waals surface area contributed by atoms with E-state index in [9.17, 15) is 9.35 Å². The van der Waals surface area contributed by atoms with E-state index in [1.165, 1.54) is 13.2 Å². The van der Waals surface area contributed by atoms with Crippen molar-refractivity contribution in [3.8, 4) is 11.8 Å². The Morgan fingerprint density at radius 1 is 1.62 bits per heavy atom. The van der Waals surface area contributed by atoms with Crippen LogP contribution >= 0.6 is 0 Å². The van der Waals surface area contributed by atoms with Crippen LogP contribution in [0, 0.1) is 11.8 Å². The second-order valence-corrected chi connectivity index (χ2v) is 7.42. The lowest BCUT2D eigenvalue weighted by Crippen LogP contribution is -2.51. The average Bonchev–Trinajstić information content (AvgIpc) is 3.03. The van der Waals surface area contributed by atoms with Crippen LogP contribution in [-0.4, -0.2) is 43.5 Å². The molecule has 128 valence electrons. The van der Waals surface area contributed by atoms with Crippen molar-refractivity contribution in [2.45, 2.75) is 37.5 Å². The monoisotopic (exact) mass is 349 g/mol. The minimum atomic E-state index is -1.49. The molecule has 1 amide bonds. The Bertz CT molecular complexity index is 694. The molecule has 1 aromatic heterocycles. The topological polar surface area (TPSA) is 107 Å². The number of pyridine rings is 1. The summed E-state index contributed by atoms with van der Waals surface area (Å²) in [6.07, 6.45) is 3.27. The highest BCUT2D eigenvalue weighted by molar-refractivity contribution is 7.92. The van der Waals surface area contributed by atoms with Gasteiger partial charge in [0.15, 0.2) is 0 Å². The van der Waals surface area contributed by atoms with Crippen LogP contribution < -0.4 is 5.48 Å². The lowest BCUT2D eigenvalue weighted by atomic mass is 9.98. The number of hydroxylamine groups is 1. The van der Waals surface area contributed by atoms with Crippen molar-refractivity contribution in [3.63, 3.8) is 0 Å². The Morgan fingerprint density at radius 2 is 2.38 bits per heavy atom. The SMILES string of the molecule is CC#Cc1ccc(C2=NOC(CC(C)(C(=O)NO)[S+](C)[O-])C2)nc1. The van der Waals surface area contributed by atoms with Crippen LogP contribution in [0.15, 0.2) is 23.5 Å². The fourth-order valence-corrected chi connectivity index (χ4v) is 3.09. The van der Waals surface area contributed by atoms with Gasteiger partial charge in [0.2, 0.25) is 4.75 Å². The van der Waals surface area contributed by atoms with E-state index < -0.39 is 27.9 Å². The summed E-state index contributed by atoms with van der Waals surface area (Å²) in [7, 11) is 0. The van der Waals surface area contributed by atoms with Gasteiger partial charge in [-0.3, -0.25) is 15.0 Å². The summed E-state index contributed by atoms with van der Waals surface area (Å²) in [5.74, 6) is 5.00. The van der Waals surface area contributed by atoms with Crippen LogP contribution in [0.3, 0.4) is 0 Å². The van der Waals surface area contributed by atoms with Gasteiger partial charge in [0.1, 0.15) is 11.8 Å². The first-order valence-corrected chi connectivity index (χ1v) is 8.86. The summed E-state index contributed by atoms with van der Waals surface area (Å²) in [4.78, 5) is 21.5. The molecule has 7 nitrogen and oxygen atoms in total. The van der Waals surface area contributed by atoms with E-state index in [4.69, 9.17) is 10.0 Å². The zero-order valence-corrected chi connectivity index (χ0v) is 14.5. The number of aromatic nitrogens is 1. The average molecular weight is 349 g/mol. The molecule has 8 heteroatoms. The standard InChI is InChI=1S/C16H19N3O4S/c1-4-5-11-6-7-13(17-10-11)14-8-12(23-19-14)9-16(2,24(3)22)15(20)18-21/h6-7,10,12,21H,8-9H2,1-3H3,(H,18,20). The molecule has 0 aliphatic carbocycles. The maximum absolute atomic E-state index is 11.9. The Morgan fingerprint density at radius 3 is 2.92 bits per heavy atom. The van der Waals surface area contributed by atoms with E-state index in [2.05, 4.69) is 22.0 Å². The molecule has 0 bridgehead atoms. The van der Waals surface area contributed by atoms with E-state index >= 15 is 0 Å². The lowest BCUT2D eigenvalue weighted by molar-refractivity contribution is -0.132. The molecule has 0 aromatic carbocycles. The van der Waals surface area contributed by atoms with Crippen molar-refractivity contribution < 1.29 is 19.4 Å². The van der Waals surface area contributed by atoms with Gasteiger partial charge in [0.25, 0.3) is 5.91 Å². The van der Waals surface area contributed by atoms with Crippen molar-refractivity contribution in [3.05, 3.63) is 29.6 Å². The van der Waals surface area contributed by atoms with Crippen LogP contribution in [-0.2, 0) is 20.8 Å². The third-order valence-corrected chi connectivity index (χ3v) is 5.52. The first-order valence-electron chi connectivity index (χ1n) is 7.30. The fraction of sp³-hybridized carbons (Fsp3) is 0.438. The minimum absolute atomic E-state index is 0.162. The zero-order valence-electron chi connectivity index (χ0n) is 13.7. The van der Waals surface area contributed by atoms with Gasteiger partial charge in [-0.1, -0.05) is 11.1 Å². The lowest BCUT2D eigenvalue weighted by Gasteiger charge is -2.29. The molecule has 3 unspecified atom stereocenters. The molecule has 2 rings (SSSR count). The first kappa shape index (κ1) is 18.3. The number of hydrogen-bond donors (Lipinski definition) is 2. The Balaban J connectivity index is 2.06. The van der Waals surface area contributed by atoms with Crippen LogP contribution in [0.2, 0.25) is 0 Å². The predicted molar refractivity (Wildman–Crippen MR) is 89.8 cm³/mol. The van der Waals surface area contributed by atoms with Crippen molar-refractivity contribution in [1.82, 2.24) is 10.5 Å². The van der Waals surface area contributed by atoms with Gasteiger partial charge in [-0.15, -0.1) is 5.92 Å². The van der Waals surface area contributed by atoms with Gasteiger partial charge in [-0.05, 0) is 37.2 Å². The van der Waals surface area contributed by atoms with Gasteiger partial charge in [-0.2, -0.15) is 0 Å². The number of oxime groups is 1. The molecule has 0 spiro atoms. The quantitative estimate of drug-likeness (QED) is 0.357. The molecule has 0 radical (unpaired) electrons. The highest BCUT2D eigenvalue weighted by Gasteiger charge is 2.46. The molecule has 0 fully saturated rings. The van der Waals surface area contributed by atoms with Crippen molar-refractivity contribution in [1.29, 1.82) is 0 Å². The Labute approximate surface area is 143 Å². The van der Waals surface area contributed by atoms with Gasteiger partial charge in [-0.25, -0.2) is 5.48 Å². The molecule has 2 heterocycles. The zero-order chi connectivity index (χ0) is 17.7. The van der Waals surface area contributed by atoms with Gasteiger partial charge in [0, 0.05) is 24.6 Å². The highest BCUT2D eigenvalue weighted by atomic mass is 32.2. The second-order valence-electron chi connectivity index (χ2n) is 5.61. The van der Waals surface area contributed by atoms with Gasteiger partial charge in [0.05, 0.1) is 11.9 Å². The number of hydrogen-bond acceptors (Lipinski definition) is 6. The first-order chi connectivity index (χ1) is 11.4. The van der Waals surface area contributed by atoms with E-state index in [1.807, 2.05) is 12.1 Å². The van der Waals surface area contributed by atoms with Crippen molar-refractivity contribution >= 4 is 22.8 Å².